The molecule has 0 bridgehead atoms. The average molecular weight is 288 g/mol. The fourth-order valence-electron chi connectivity index (χ4n) is 2.69. The number of hydrogen-bond acceptors (Lipinski definition) is 2. The Labute approximate surface area is 126 Å². The number of amides is 2. The van der Waals surface area contributed by atoms with Crippen LogP contribution in [0.4, 0.5) is 5.69 Å². The molecule has 4 nitrogen and oxygen atoms in total. The molecular weight excluding hydrogens is 264 g/mol. The van der Waals surface area contributed by atoms with Gasteiger partial charge < -0.3 is 10.2 Å². The van der Waals surface area contributed by atoms with Crippen LogP contribution in [0.15, 0.2) is 24.3 Å². The van der Waals surface area contributed by atoms with Gasteiger partial charge in [0.2, 0.25) is 5.91 Å². The zero-order chi connectivity index (χ0) is 15.2. The lowest BCUT2D eigenvalue weighted by atomic mass is 10.1. The monoisotopic (exact) mass is 288 g/mol. The maximum Gasteiger partial charge on any atom is 0.254 e. The summed E-state index contributed by atoms with van der Waals surface area (Å²) in [4.78, 5) is 26.4. The Morgan fingerprint density at radius 3 is 2.57 bits per heavy atom. The van der Waals surface area contributed by atoms with Gasteiger partial charge in [-0.05, 0) is 25.5 Å². The van der Waals surface area contributed by atoms with Gasteiger partial charge in [0, 0.05) is 6.54 Å². The molecule has 4 heteroatoms. The number of carbonyl (C=O) groups is 2. The van der Waals surface area contributed by atoms with Crippen LogP contribution in [0.1, 0.15) is 56.3 Å². The molecule has 0 spiro atoms. The van der Waals surface area contributed by atoms with Gasteiger partial charge in [0.15, 0.2) is 0 Å². The normalized spacial score (nSPS) is 18.2. The Bertz CT molecular complexity index is 513. The van der Waals surface area contributed by atoms with E-state index in [1.165, 1.54) is 19.3 Å². The van der Waals surface area contributed by atoms with Crippen LogP contribution in [0.2, 0.25) is 0 Å². The molecule has 2 rings (SSSR count). The van der Waals surface area contributed by atoms with Crippen LogP contribution >= 0.6 is 0 Å². The van der Waals surface area contributed by atoms with E-state index in [4.69, 9.17) is 0 Å². The minimum absolute atomic E-state index is 0.0243. The Balaban J connectivity index is 2.14. The third-order valence-electron chi connectivity index (χ3n) is 3.91. The number of benzene rings is 1. The maximum atomic E-state index is 12.5. The molecule has 1 aliphatic rings. The lowest BCUT2D eigenvalue weighted by Gasteiger charge is -2.24. The minimum Gasteiger partial charge on any atom is -0.340 e. The average Bonchev–Trinajstić information content (AvgIpc) is 2.58. The van der Waals surface area contributed by atoms with E-state index in [-0.39, 0.29) is 11.8 Å². The largest absolute Gasteiger partial charge is 0.340 e. The second-order valence-electron chi connectivity index (χ2n) is 5.62. The van der Waals surface area contributed by atoms with Crippen LogP contribution in [0.5, 0.6) is 0 Å². The van der Waals surface area contributed by atoms with E-state index in [1.807, 2.05) is 18.2 Å². The molecule has 114 valence electrons. The lowest BCUT2D eigenvalue weighted by molar-refractivity contribution is -0.120. The highest BCUT2D eigenvalue weighted by molar-refractivity contribution is 6.10. The molecule has 0 fully saturated rings. The summed E-state index contributed by atoms with van der Waals surface area (Å²) in [6.45, 7) is 4.61. The van der Waals surface area contributed by atoms with Crippen LogP contribution < -0.4 is 10.2 Å². The van der Waals surface area contributed by atoms with Crippen molar-refractivity contribution in [2.24, 2.45) is 0 Å². The molecule has 0 saturated heterocycles. The van der Waals surface area contributed by atoms with Gasteiger partial charge in [0.1, 0.15) is 6.04 Å². The van der Waals surface area contributed by atoms with Crippen molar-refractivity contribution in [3.63, 3.8) is 0 Å². The summed E-state index contributed by atoms with van der Waals surface area (Å²) in [5.41, 5.74) is 1.32. The van der Waals surface area contributed by atoms with Gasteiger partial charge in [0.25, 0.3) is 5.91 Å². The third-order valence-corrected chi connectivity index (χ3v) is 3.91. The molecule has 1 heterocycles. The fraction of sp³-hybridized carbons (Fsp3) is 0.529. The summed E-state index contributed by atoms with van der Waals surface area (Å²) >= 11 is 0. The predicted octanol–water partition coefficient (Wildman–Crippen LogP) is 3.12. The van der Waals surface area contributed by atoms with Gasteiger partial charge in [-0.1, -0.05) is 44.7 Å². The van der Waals surface area contributed by atoms with Crippen LogP contribution in [-0.4, -0.2) is 24.4 Å². The van der Waals surface area contributed by atoms with Crippen LogP contribution in [0, 0.1) is 0 Å². The summed E-state index contributed by atoms with van der Waals surface area (Å²) in [5, 5.41) is 2.76. The molecule has 1 aliphatic heterocycles. The Hall–Kier alpha value is -1.84. The fourth-order valence-corrected chi connectivity index (χ4v) is 2.69. The third kappa shape index (κ3) is 3.63. The van der Waals surface area contributed by atoms with Crippen molar-refractivity contribution < 1.29 is 9.59 Å². The maximum absolute atomic E-state index is 12.5. The minimum atomic E-state index is -0.472. The number of rotatable bonds is 6. The first-order valence-electron chi connectivity index (χ1n) is 7.86. The van der Waals surface area contributed by atoms with Crippen LogP contribution in [0.3, 0.4) is 0 Å². The summed E-state index contributed by atoms with van der Waals surface area (Å²) in [6.07, 6.45) is 5.74. The van der Waals surface area contributed by atoms with Gasteiger partial charge in [0.05, 0.1) is 11.3 Å². The van der Waals surface area contributed by atoms with Crippen LogP contribution in [-0.2, 0) is 4.79 Å². The molecule has 1 atom stereocenters. The number of carbonyl (C=O) groups excluding carboxylic acids is 2. The van der Waals surface area contributed by atoms with Crippen molar-refractivity contribution in [2.45, 2.75) is 52.0 Å². The van der Waals surface area contributed by atoms with Gasteiger partial charge in [-0.2, -0.15) is 0 Å². The van der Waals surface area contributed by atoms with Crippen molar-refractivity contribution >= 4 is 17.5 Å². The van der Waals surface area contributed by atoms with Gasteiger partial charge in [-0.3, -0.25) is 9.59 Å². The van der Waals surface area contributed by atoms with Gasteiger partial charge in [-0.25, -0.2) is 0 Å². The molecule has 0 aliphatic carbocycles. The highest BCUT2D eigenvalue weighted by Crippen LogP contribution is 2.24. The number of fused-ring (bicyclic) bond motifs is 1. The Kier molecular flexibility index (Phi) is 5.37. The van der Waals surface area contributed by atoms with Crippen molar-refractivity contribution in [3.8, 4) is 0 Å². The second kappa shape index (κ2) is 7.25. The number of para-hydroxylation sites is 1. The summed E-state index contributed by atoms with van der Waals surface area (Å²) in [7, 11) is 0. The van der Waals surface area contributed by atoms with Gasteiger partial charge in [-0.15, -0.1) is 0 Å². The highest BCUT2D eigenvalue weighted by Gasteiger charge is 2.30. The molecule has 0 saturated carbocycles. The van der Waals surface area contributed by atoms with E-state index in [2.05, 4.69) is 12.2 Å². The zero-order valence-electron chi connectivity index (χ0n) is 12.9. The number of hydrogen-bond donors (Lipinski definition) is 1. The zero-order valence-corrected chi connectivity index (χ0v) is 12.9. The van der Waals surface area contributed by atoms with Gasteiger partial charge >= 0.3 is 0 Å². The Morgan fingerprint density at radius 2 is 1.81 bits per heavy atom. The molecule has 2 amide bonds. The van der Waals surface area contributed by atoms with E-state index < -0.39 is 6.04 Å². The first kappa shape index (κ1) is 15.5. The predicted molar refractivity (Wildman–Crippen MR) is 84.5 cm³/mol. The summed E-state index contributed by atoms with van der Waals surface area (Å²) in [5.74, 6) is -0.191. The molecule has 0 radical (unpaired) electrons. The summed E-state index contributed by atoms with van der Waals surface area (Å²) < 4.78 is 0. The van der Waals surface area contributed by atoms with Crippen molar-refractivity contribution in [1.29, 1.82) is 0 Å². The second-order valence-corrected chi connectivity index (χ2v) is 5.62. The van der Waals surface area contributed by atoms with E-state index in [1.54, 1.807) is 17.9 Å². The molecule has 21 heavy (non-hydrogen) atoms. The van der Waals surface area contributed by atoms with Crippen molar-refractivity contribution in [2.75, 3.05) is 11.4 Å². The van der Waals surface area contributed by atoms with Crippen molar-refractivity contribution in [3.05, 3.63) is 29.8 Å². The summed E-state index contributed by atoms with van der Waals surface area (Å²) in [6, 6.07) is 6.87. The molecule has 1 aromatic rings. The molecule has 1 unspecified atom stereocenters. The first-order chi connectivity index (χ1) is 10.1. The van der Waals surface area contributed by atoms with E-state index in [0.717, 1.165) is 18.5 Å². The standard InChI is InChI=1S/C17H24N2O2/c1-3-4-5-6-9-12-19-15-11-8-7-10-14(15)16(20)18-13(2)17(19)21/h7-8,10-11,13H,3-6,9,12H2,1-2H3,(H,18,20). The molecular formula is C17H24N2O2. The van der Waals surface area contributed by atoms with E-state index in [9.17, 15) is 9.59 Å². The van der Waals surface area contributed by atoms with E-state index >= 15 is 0 Å². The highest BCUT2D eigenvalue weighted by atomic mass is 16.2. The molecule has 0 aromatic heterocycles. The first-order valence-corrected chi connectivity index (χ1v) is 7.86. The number of unbranched alkanes of at least 4 members (excludes halogenated alkanes) is 4. The lowest BCUT2D eigenvalue weighted by Crippen LogP contribution is -2.44. The topological polar surface area (TPSA) is 49.4 Å². The SMILES string of the molecule is CCCCCCCN1C(=O)C(C)NC(=O)c2ccccc21. The smallest absolute Gasteiger partial charge is 0.254 e. The number of nitrogens with one attached hydrogen (secondary N) is 1. The van der Waals surface area contributed by atoms with E-state index in [0.29, 0.717) is 12.1 Å². The number of anilines is 1. The number of nitrogens with zero attached hydrogens (tertiary/aromatic N) is 1. The van der Waals surface area contributed by atoms with Crippen molar-refractivity contribution in [1.82, 2.24) is 5.32 Å². The quantitative estimate of drug-likeness (QED) is 0.818. The van der Waals surface area contributed by atoms with Crippen LogP contribution in [0.25, 0.3) is 0 Å². The molecule has 1 N–H and O–H groups in total. The Morgan fingerprint density at radius 1 is 1.10 bits per heavy atom. The molecule has 1 aromatic carbocycles.